The first-order valence-corrected chi connectivity index (χ1v) is 8.31. The van der Waals surface area contributed by atoms with Crippen molar-refractivity contribution in [3.8, 4) is 5.69 Å². The third kappa shape index (κ3) is 4.11. The van der Waals surface area contributed by atoms with Gasteiger partial charge in [-0.05, 0) is 44.4 Å². The van der Waals surface area contributed by atoms with Gasteiger partial charge in [0.05, 0.1) is 11.8 Å². The Morgan fingerprint density at radius 3 is 2.52 bits per heavy atom. The summed E-state index contributed by atoms with van der Waals surface area (Å²) >= 11 is 1.40. The zero-order valence-corrected chi connectivity index (χ0v) is 14.4. The summed E-state index contributed by atoms with van der Waals surface area (Å²) in [6, 6.07) is 5.88. The van der Waals surface area contributed by atoms with Crippen molar-refractivity contribution in [3.63, 3.8) is 0 Å². The van der Waals surface area contributed by atoms with E-state index in [1.54, 1.807) is 37.6 Å². The largest absolute Gasteiger partial charge is 0.389 e. The minimum Gasteiger partial charge on any atom is -0.389 e. The van der Waals surface area contributed by atoms with Crippen LogP contribution < -0.4 is 0 Å². The highest BCUT2D eigenvalue weighted by atomic mass is 32.2. The maximum Gasteiger partial charge on any atom is 0.272 e. The van der Waals surface area contributed by atoms with Crippen molar-refractivity contribution >= 4 is 17.7 Å². The van der Waals surface area contributed by atoms with Gasteiger partial charge >= 0.3 is 0 Å². The Balaban J connectivity index is 2.42. The first-order valence-electron chi connectivity index (χ1n) is 7.08. The number of carbonyl (C=O) groups is 1. The second-order valence-electron chi connectivity index (χ2n) is 5.92. The number of likely N-dealkylation sites (N-methyl/N-ethyl adjacent to an activating group) is 1. The molecular weight excluding hydrogens is 317 g/mol. The van der Waals surface area contributed by atoms with Crippen LogP contribution in [0.1, 0.15) is 24.3 Å². The van der Waals surface area contributed by atoms with Crippen LogP contribution in [0.3, 0.4) is 0 Å². The van der Waals surface area contributed by atoms with Crippen molar-refractivity contribution in [1.29, 1.82) is 0 Å². The SMILES string of the molecule is CSc1ncc(C(=O)N(C)CC(C)(C)O)n1-c1ccc(F)cc1. The van der Waals surface area contributed by atoms with Crippen molar-refractivity contribution in [2.75, 3.05) is 19.8 Å². The molecule has 0 saturated carbocycles. The fourth-order valence-corrected chi connectivity index (χ4v) is 2.86. The van der Waals surface area contributed by atoms with E-state index in [4.69, 9.17) is 0 Å². The van der Waals surface area contributed by atoms with Crippen LogP contribution in [0.2, 0.25) is 0 Å². The third-order valence-corrected chi connectivity index (χ3v) is 3.84. The van der Waals surface area contributed by atoms with Crippen LogP contribution in [0.15, 0.2) is 35.6 Å². The highest BCUT2D eigenvalue weighted by Crippen LogP contribution is 2.23. The molecule has 5 nitrogen and oxygen atoms in total. The molecule has 0 aliphatic heterocycles. The minimum atomic E-state index is -0.993. The van der Waals surface area contributed by atoms with Crippen LogP contribution >= 0.6 is 11.8 Å². The second-order valence-corrected chi connectivity index (χ2v) is 6.69. The molecule has 1 aromatic heterocycles. The van der Waals surface area contributed by atoms with Crippen molar-refractivity contribution in [1.82, 2.24) is 14.5 Å². The summed E-state index contributed by atoms with van der Waals surface area (Å²) < 4.78 is 14.8. The molecule has 1 heterocycles. The van der Waals surface area contributed by atoms with Gasteiger partial charge in [-0.3, -0.25) is 9.36 Å². The average molecular weight is 337 g/mol. The lowest BCUT2D eigenvalue weighted by atomic mass is 10.1. The van der Waals surface area contributed by atoms with Crippen LogP contribution in [0, 0.1) is 5.82 Å². The summed E-state index contributed by atoms with van der Waals surface area (Å²) in [5.74, 6) is -0.601. The lowest BCUT2D eigenvalue weighted by molar-refractivity contribution is 0.0363. The van der Waals surface area contributed by atoms with Crippen molar-refractivity contribution < 1.29 is 14.3 Å². The van der Waals surface area contributed by atoms with Gasteiger partial charge in [0.25, 0.3) is 5.91 Å². The van der Waals surface area contributed by atoms with E-state index < -0.39 is 5.60 Å². The summed E-state index contributed by atoms with van der Waals surface area (Å²) in [4.78, 5) is 18.4. The van der Waals surface area contributed by atoms with E-state index in [-0.39, 0.29) is 18.3 Å². The number of hydrogen-bond donors (Lipinski definition) is 1. The second kappa shape index (κ2) is 6.72. The molecule has 23 heavy (non-hydrogen) atoms. The highest BCUT2D eigenvalue weighted by Gasteiger charge is 2.24. The molecule has 7 heteroatoms. The number of halogens is 1. The molecule has 0 unspecified atom stereocenters. The molecule has 0 fully saturated rings. The lowest BCUT2D eigenvalue weighted by Gasteiger charge is -2.25. The number of nitrogens with zero attached hydrogens (tertiary/aromatic N) is 3. The lowest BCUT2D eigenvalue weighted by Crippen LogP contribution is -2.40. The minimum absolute atomic E-state index is 0.190. The number of imidazole rings is 1. The Morgan fingerprint density at radius 2 is 2.00 bits per heavy atom. The Bertz CT molecular complexity index is 692. The maximum absolute atomic E-state index is 13.2. The Hall–Kier alpha value is -1.86. The van der Waals surface area contributed by atoms with Gasteiger partial charge in [-0.2, -0.15) is 0 Å². The fraction of sp³-hybridized carbons (Fsp3) is 0.375. The van der Waals surface area contributed by atoms with E-state index in [9.17, 15) is 14.3 Å². The number of thioether (sulfide) groups is 1. The predicted octanol–water partition coefficient (Wildman–Crippen LogP) is 2.58. The molecule has 0 aliphatic carbocycles. The van der Waals surface area contributed by atoms with E-state index in [0.29, 0.717) is 16.5 Å². The van der Waals surface area contributed by atoms with E-state index >= 15 is 0 Å². The summed E-state index contributed by atoms with van der Waals surface area (Å²) in [5, 5.41) is 10.5. The maximum atomic E-state index is 13.2. The standard InChI is InChI=1S/C16H20FN3O2S/c1-16(2,22)10-19(3)14(21)13-9-18-15(23-4)20(13)12-7-5-11(17)6-8-12/h5-9,22H,10H2,1-4H3. The summed E-state index contributed by atoms with van der Waals surface area (Å²) in [6.45, 7) is 3.47. The summed E-state index contributed by atoms with van der Waals surface area (Å²) in [6.07, 6.45) is 3.36. The average Bonchev–Trinajstić information content (AvgIpc) is 2.89. The van der Waals surface area contributed by atoms with E-state index in [2.05, 4.69) is 4.98 Å². The Kier molecular flexibility index (Phi) is 5.11. The molecule has 0 aliphatic rings. The molecule has 124 valence electrons. The third-order valence-electron chi connectivity index (χ3n) is 3.19. The molecule has 0 saturated heterocycles. The number of amides is 1. The molecule has 2 rings (SSSR count). The van der Waals surface area contributed by atoms with Crippen LogP contribution in [-0.4, -0.2) is 50.9 Å². The normalized spacial score (nSPS) is 11.6. The fourth-order valence-electron chi connectivity index (χ4n) is 2.32. The molecule has 0 atom stereocenters. The first-order chi connectivity index (χ1) is 10.7. The van der Waals surface area contributed by atoms with Gasteiger partial charge in [-0.15, -0.1) is 0 Å². The number of aromatic nitrogens is 2. The summed E-state index contributed by atoms with van der Waals surface area (Å²) in [7, 11) is 1.63. The predicted molar refractivity (Wildman–Crippen MR) is 88.6 cm³/mol. The molecule has 0 bridgehead atoms. The Morgan fingerprint density at radius 1 is 1.39 bits per heavy atom. The van der Waals surface area contributed by atoms with Crippen LogP contribution in [0.4, 0.5) is 4.39 Å². The monoisotopic (exact) mass is 337 g/mol. The van der Waals surface area contributed by atoms with Gasteiger partial charge in [0, 0.05) is 19.3 Å². The molecular formula is C16H20FN3O2S. The molecule has 2 aromatic rings. The highest BCUT2D eigenvalue weighted by molar-refractivity contribution is 7.98. The van der Waals surface area contributed by atoms with Gasteiger partial charge < -0.3 is 10.0 Å². The van der Waals surface area contributed by atoms with E-state index in [0.717, 1.165) is 0 Å². The first kappa shape index (κ1) is 17.5. The van der Waals surface area contributed by atoms with Crippen LogP contribution in [0.25, 0.3) is 5.69 Å². The quantitative estimate of drug-likeness (QED) is 0.852. The Labute approximate surface area is 139 Å². The number of benzene rings is 1. The number of hydrogen-bond acceptors (Lipinski definition) is 4. The zero-order valence-electron chi connectivity index (χ0n) is 13.6. The van der Waals surface area contributed by atoms with Gasteiger partial charge in [0.2, 0.25) is 0 Å². The number of carbonyl (C=O) groups excluding carboxylic acids is 1. The van der Waals surface area contributed by atoms with Gasteiger partial charge in [-0.1, -0.05) is 11.8 Å². The van der Waals surface area contributed by atoms with Crippen molar-refractivity contribution in [3.05, 3.63) is 42.0 Å². The molecule has 1 N–H and O–H groups in total. The van der Waals surface area contributed by atoms with Crippen LogP contribution in [0.5, 0.6) is 0 Å². The van der Waals surface area contributed by atoms with Crippen molar-refractivity contribution in [2.24, 2.45) is 0 Å². The molecule has 1 aromatic carbocycles. The smallest absolute Gasteiger partial charge is 0.272 e. The summed E-state index contributed by atoms with van der Waals surface area (Å²) in [5.41, 5.74) is 0.0361. The van der Waals surface area contributed by atoms with Crippen molar-refractivity contribution in [2.45, 2.75) is 24.6 Å². The number of aliphatic hydroxyl groups is 1. The van der Waals surface area contributed by atoms with Gasteiger partial charge in [0.1, 0.15) is 11.5 Å². The number of rotatable bonds is 5. The zero-order chi connectivity index (χ0) is 17.2. The molecule has 0 radical (unpaired) electrons. The van der Waals surface area contributed by atoms with E-state index in [1.807, 2.05) is 6.26 Å². The molecule has 0 spiro atoms. The van der Waals surface area contributed by atoms with Crippen LogP contribution in [-0.2, 0) is 0 Å². The van der Waals surface area contributed by atoms with E-state index in [1.165, 1.54) is 35.0 Å². The topological polar surface area (TPSA) is 58.4 Å². The van der Waals surface area contributed by atoms with Gasteiger partial charge in [-0.25, -0.2) is 9.37 Å². The van der Waals surface area contributed by atoms with Gasteiger partial charge in [0.15, 0.2) is 5.16 Å². The molecule has 1 amide bonds.